The monoisotopic (exact) mass is 296 g/mol. The molecule has 1 amide bonds. The zero-order valence-corrected chi connectivity index (χ0v) is 12.6. The van der Waals surface area contributed by atoms with E-state index in [2.05, 4.69) is 21.7 Å². The summed E-state index contributed by atoms with van der Waals surface area (Å²) in [7, 11) is 0. The lowest BCUT2D eigenvalue weighted by Gasteiger charge is -2.03. The Balaban J connectivity index is 1.89. The van der Waals surface area contributed by atoms with Gasteiger partial charge in [0, 0.05) is 36.4 Å². The largest absolute Gasteiger partial charge is 0.389 e. The van der Waals surface area contributed by atoms with Crippen LogP contribution in [0.4, 0.5) is 0 Å². The molecule has 22 heavy (non-hydrogen) atoms. The van der Waals surface area contributed by atoms with Crippen molar-refractivity contribution in [2.24, 2.45) is 0 Å². The van der Waals surface area contributed by atoms with E-state index in [1.54, 1.807) is 0 Å². The van der Waals surface area contributed by atoms with Gasteiger partial charge in [-0.3, -0.25) is 4.79 Å². The quantitative estimate of drug-likeness (QED) is 0.416. The summed E-state index contributed by atoms with van der Waals surface area (Å²) in [5.41, 5.74) is 2.43. The Labute approximate surface area is 130 Å². The first-order chi connectivity index (χ1) is 10.8. The third kappa shape index (κ3) is 3.89. The maximum Gasteiger partial charge on any atom is 0.263 e. The number of H-pyrrole nitrogens is 1. The van der Waals surface area contributed by atoms with Crippen LogP contribution in [0.3, 0.4) is 0 Å². The number of nitrogens with one attached hydrogen (secondary N) is 3. The number of hydrogen-bond acceptors (Lipinski definition) is 3. The van der Waals surface area contributed by atoms with Gasteiger partial charge in [0.1, 0.15) is 11.6 Å². The van der Waals surface area contributed by atoms with Gasteiger partial charge in [0.15, 0.2) is 0 Å². The number of rotatable bonds is 7. The van der Waals surface area contributed by atoms with Gasteiger partial charge in [-0.05, 0) is 24.5 Å². The minimum Gasteiger partial charge on any atom is -0.389 e. The molecule has 3 N–H and O–H groups in total. The Morgan fingerprint density at radius 1 is 1.36 bits per heavy atom. The topological polar surface area (TPSA) is 80.7 Å². The third-order valence-electron chi connectivity index (χ3n) is 3.36. The molecule has 0 fully saturated rings. The van der Waals surface area contributed by atoms with Crippen LogP contribution in [0.5, 0.6) is 0 Å². The van der Waals surface area contributed by atoms with Crippen LogP contribution in [0.15, 0.2) is 42.2 Å². The summed E-state index contributed by atoms with van der Waals surface area (Å²) in [4.78, 5) is 14.9. The number of benzene rings is 1. The van der Waals surface area contributed by atoms with Gasteiger partial charge in [0.25, 0.3) is 5.91 Å². The molecule has 1 aromatic heterocycles. The fourth-order valence-electron chi connectivity index (χ4n) is 2.20. The van der Waals surface area contributed by atoms with Gasteiger partial charge in [0.05, 0.1) is 0 Å². The first-order valence-electron chi connectivity index (χ1n) is 7.43. The van der Waals surface area contributed by atoms with E-state index < -0.39 is 0 Å². The Kier molecular flexibility index (Phi) is 5.61. The average molecular weight is 296 g/mol. The van der Waals surface area contributed by atoms with Crippen LogP contribution in [0.2, 0.25) is 0 Å². The molecule has 0 saturated heterocycles. The molecule has 0 saturated carbocycles. The van der Waals surface area contributed by atoms with Gasteiger partial charge in [-0.2, -0.15) is 5.26 Å². The zero-order chi connectivity index (χ0) is 15.8. The summed E-state index contributed by atoms with van der Waals surface area (Å²) in [5.74, 6) is -0.330. The smallest absolute Gasteiger partial charge is 0.263 e. The second-order valence-corrected chi connectivity index (χ2v) is 4.99. The summed E-state index contributed by atoms with van der Waals surface area (Å²) in [6.45, 7) is 3.21. The first-order valence-corrected chi connectivity index (χ1v) is 7.43. The maximum atomic E-state index is 11.7. The van der Waals surface area contributed by atoms with Crippen molar-refractivity contribution in [2.75, 3.05) is 13.1 Å². The van der Waals surface area contributed by atoms with Crippen LogP contribution >= 0.6 is 0 Å². The van der Waals surface area contributed by atoms with Crippen molar-refractivity contribution >= 4 is 16.8 Å². The van der Waals surface area contributed by atoms with Crippen molar-refractivity contribution in [2.45, 2.75) is 19.8 Å². The van der Waals surface area contributed by atoms with E-state index in [0.717, 1.165) is 18.4 Å². The molecular formula is C17H20N4O. The van der Waals surface area contributed by atoms with Crippen molar-refractivity contribution in [3.63, 3.8) is 0 Å². The Morgan fingerprint density at radius 3 is 2.95 bits per heavy atom. The number of fused-ring (bicyclic) bond motifs is 1. The predicted octanol–water partition coefficient (Wildman–Crippen LogP) is 2.23. The molecule has 0 radical (unpaired) electrons. The van der Waals surface area contributed by atoms with Crippen molar-refractivity contribution in [1.82, 2.24) is 15.6 Å². The lowest BCUT2D eigenvalue weighted by molar-refractivity contribution is -0.117. The molecule has 5 heteroatoms. The van der Waals surface area contributed by atoms with Crippen LogP contribution in [0.25, 0.3) is 10.9 Å². The molecule has 5 nitrogen and oxygen atoms in total. The molecule has 0 aliphatic carbocycles. The lowest BCUT2D eigenvalue weighted by atomic mass is 10.1. The summed E-state index contributed by atoms with van der Waals surface area (Å²) in [5, 5.41) is 15.9. The fourth-order valence-corrected chi connectivity index (χ4v) is 2.20. The van der Waals surface area contributed by atoms with Crippen LogP contribution in [-0.2, 0) is 11.2 Å². The molecule has 1 aromatic carbocycles. The van der Waals surface area contributed by atoms with E-state index in [1.807, 2.05) is 37.4 Å². The summed E-state index contributed by atoms with van der Waals surface area (Å²) in [6.07, 6.45) is 5.14. The van der Waals surface area contributed by atoms with Gasteiger partial charge in [-0.15, -0.1) is 0 Å². The van der Waals surface area contributed by atoms with Crippen LogP contribution < -0.4 is 10.6 Å². The number of nitrogens with zero attached hydrogens (tertiary/aromatic N) is 1. The van der Waals surface area contributed by atoms with Crippen LogP contribution in [-0.4, -0.2) is 24.0 Å². The molecule has 0 unspecified atom stereocenters. The second-order valence-electron chi connectivity index (χ2n) is 4.99. The van der Waals surface area contributed by atoms with E-state index in [-0.39, 0.29) is 11.5 Å². The number of aromatic amines is 1. The molecule has 1 heterocycles. The van der Waals surface area contributed by atoms with Gasteiger partial charge >= 0.3 is 0 Å². The number of carbonyl (C=O) groups is 1. The van der Waals surface area contributed by atoms with Gasteiger partial charge in [0.2, 0.25) is 0 Å². The molecule has 0 aliphatic heterocycles. The molecule has 0 spiro atoms. The summed E-state index contributed by atoms with van der Waals surface area (Å²) < 4.78 is 0. The standard InChI is InChI=1S/C17H20N4O/c1-2-8-20-17(22)14(10-18)11-19-9-7-13-12-21-16-6-4-3-5-15(13)16/h3-6,11-12,19,21H,2,7-9H2,1H3,(H,20,22)/b14-11-. The number of para-hydroxylation sites is 1. The number of amides is 1. The third-order valence-corrected chi connectivity index (χ3v) is 3.36. The molecule has 2 aromatic rings. The van der Waals surface area contributed by atoms with Crippen molar-refractivity contribution in [3.8, 4) is 6.07 Å². The van der Waals surface area contributed by atoms with Crippen LogP contribution in [0, 0.1) is 11.3 Å². The van der Waals surface area contributed by atoms with E-state index in [1.165, 1.54) is 17.1 Å². The van der Waals surface area contributed by atoms with E-state index in [0.29, 0.717) is 13.1 Å². The number of carbonyl (C=O) groups excluding carboxylic acids is 1. The van der Waals surface area contributed by atoms with E-state index in [9.17, 15) is 4.79 Å². The fraction of sp³-hybridized carbons (Fsp3) is 0.294. The highest BCUT2D eigenvalue weighted by atomic mass is 16.1. The van der Waals surface area contributed by atoms with E-state index >= 15 is 0 Å². The molecule has 0 bridgehead atoms. The Hall–Kier alpha value is -2.74. The molecular weight excluding hydrogens is 276 g/mol. The minimum absolute atomic E-state index is 0.104. The minimum atomic E-state index is -0.330. The van der Waals surface area contributed by atoms with Gasteiger partial charge in [-0.25, -0.2) is 0 Å². The van der Waals surface area contributed by atoms with E-state index in [4.69, 9.17) is 5.26 Å². The molecule has 114 valence electrons. The highest BCUT2D eigenvalue weighted by Gasteiger charge is 2.07. The second kappa shape index (κ2) is 7.89. The SMILES string of the molecule is CCCNC(=O)/C(C#N)=C\NCCc1c[nH]c2ccccc12. The Bertz CT molecular complexity index is 709. The van der Waals surface area contributed by atoms with Crippen molar-refractivity contribution < 1.29 is 4.79 Å². The maximum absolute atomic E-state index is 11.7. The first kappa shape index (κ1) is 15.6. The molecule has 0 aliphatic rings. The van der Waals surface area contributed by atoms with Crippen LogP contribution in [0.1, 0.15) is 18.9 Å². The number of nitriles is 1. The predicted molar refractivity (Wildman–Crippen MR) is 87.0 cm³/mol. The van der Waals surface area contributed by atoms with Gasteiger partial charge in [-0.1, -0.05) is 25.1 Å². The lowest BCUT2D eigenvalue weighted by Crippen LogP contribution is -2.26. The number of aromatic nitrogens is 1. The average Bonchev–Trinajstić information content (AvgIpc) is 2.96. The highest BCUT2D eigenvalue weighted by molar-refractivity contribution is 5.97. The van der Waals surface area contributed by atoms with Crippen molar-refractivity contribution in [1.29, 1.82) is 5.26 Å². The summed E-state index contributed by atoms with van der Waals surface area (Å²) >= 11 is 0. The Morgan fingerprint density at radius 2 is 2.18 bits per heavy atom. The highest BCUT2D eigenvalue weighted by Crippen LogP contribution is 2.17. The van der Waals surface area contributed by atoms with Gasteiger partial charge < -0.3 is 15.6 Å². The molecule has 2 rings (SSSR count). The van der Waals surface area contributed by atoms with Crippen molar-refractivity contribution in [3.05, 3.63) is 47.8 Å². The number of hydrogen-bond donors (Lipinski definition) is 3. The normalized spacial score (nSPS) is 11.2. The molecule has 0 atom stereocenters. The summed E-state index contributed by atoms with van der Waals surface area (Å²) in [6, 6.07) is 10.0. The zero-order valence-electron chi connectivity index (χ0n) is 12.6.